The van der Waals surface area contributed by atoms with E-state index in [-0.39, 0.29) is 0 Å². The van der Waals surface area contributed by atoms with E-state index < -0.39 is 0 Å². The Morgan fingerprint density at radius 2 is 2.11 bits per heavy atom. The van der Waals surface area contributed by atoms with Crippen molar-refractivity contribution < 1.29 is 0 Å². The summed E-state index contributed by atoms with van der Waals surface area (Å²) in [4.78, 5) is 7.01. The van der Waals surface area contributed by atoms with Crippen LogP contribution in [-0.2, 0) is 6.54 Å². The maximum absolute atomic E-state index is 4.47. The van der Waals surface area contributed by atoms with Gasteiger partial charge in [-0.2, -0.15) is 0 Å². The molecule has 1 aliphatic carbocycles. The number of nitrogens with one attached hydrogen (secondary N) is 1. The van der Waals surface area contributed by atoms with Crippen LogP contribution in [0, 0.1) is 0 Å². The summed E-state index contributed by atoms with van der Waals surface area (Å²) in [6.07, 6.45) is 7.40. The van der Waals surface area contributed by atoms with Crippen LogP contribution in [0.2, 0.25) is 0 Å². The molecule has 1 heterocycles. The van der Waals surface area contributed by atoms with Crippen molar-refractivity contribution in [2.75, 3.05) is 11.4 Å². The van der Waals surface area contributed by atoms with E-state index in [0.717, 1.165) is 24.8 Å². The molecule has 0 spiro atoms. The van der Waals surface area contributed by atoms with Gasteiger partial charge in [0, 0.05) is 37.1 Å². The third kappa shape index (κ3) is 3.93. The third-order valence-corrected chi connectivity index (χ3v) is 3.93. The standard InChI is InChI=1S/C16H27N3/c1-4-19(15-7-5-6-8-15)16-9-10-17-14(11-16)12-18-13(2)3/h9-11,13,15,18H,4-8,12H2,1-3H3. The molecule has 3 nitrogen and oxygen atoms in total. The lowest BCUT2D eigenvalue weighted by molar-refractivity contribution is 0.580. The first-order chi connectivity index (χ1) is 9.20. The molecule has 3 heteroatoms. The number of hydrogen-bond acceptors (Lipinski definition) is 3. The van der Waals surface area contributed by atoms with Crippen LogP contribution in [0.4, 0.5) is 5.69 Å². The fraction of sp³-hybridized carbons (Fsp3) is 0.688. The van der Waals surface area contributed by atoms with Crippen molar-refractivity contribution in [2.45, 2.75) is 65.1 Å². The first-order valence-electron chi connectivity index (χ1n) is 7.65. The van der Waals surface area contributed by atoms with Gasteiger partial charge in [0.25, 0.3) is 0 Å². The maximum Gasteiger partial charge on any atom is 0.0562 e. The zero-order valence-corrected chi connectivity index (χ0v) is 12.5. The largest absolute Gasteiger partial charge is 0.369 e. The average Bonchev–Trinajstić information content (AvgIpc) is 2.92. The summed E-state index contributed by atoms with van der Waals surface area (Å²) in [6.45, 7) is 8.53. The van der Waals surface area contributed by atoms with Crippen LogP contribution in [0.1, 0.15) is 52.1 Å². The van der Waals surface area contributed by atoms with Crippen molar-refractivity contribution in [1.82, 2.24) is 10.3 Å². The van der Waals surface area contributed by atoms with E-state index >= 15 is 0 Å². The van der Waals surface area contributed by atoms with Crippen LogP contribution in [-0.4, -0.2) is 23.6 Å². The second kappa shape index (κ2) is 6.90. The van der Waals surface area contributed by atoms with Crippen LogP contribution in [0.25, 0.3) is 0 Å². The van der Waals surface area contributed by atoms with Crippen LogP contribution < -0.4 is 10.2 Å². The van der Waals surface area contributed by atoms with E-state index in [1.807, 2.05) is 6.20 Å². The summed E-state index contributed by atoms with van der Waals surface area (Å²) >= 11 is 0. The van der Waals surface area contributed by atoms with Crippen molar-refractivity contribution in [1.29, 1.82) is 0 Å². The van der Waals surface area contributed by atoms with Crippen LogP contribution in [0.15, 0.2) is 18.3 Å². The summed E-state index contributed by atoms with van der Waals surface area (Å²) < 4.78 is 0. The molecule has 1 fully saturated rings. The molecule has 2 rings (SSSR count). The number of pyridine rings is 1. The number of anilines is 1. The molecule has 106 valence electrons. The number of nitrogens with zero attached hydrogens (tertiary/aromatic N) is 2. The lowest BCUT2D eigenvalue weighted by Crippen LogP contribution is -2.33. The molecule has 0 unspecified atom stereocenters. The molecular formula is C16H27N3. The predicted molar refractivity (Wildman–Crippen MR) is 81.5 cm³/mol. The Kier molecular flexibility index (Phi) is 5.20. The van der Waals surface area contributed by atoms with Crippen molar-refractivity contribution in [3.63, 3.8) is 0 Å². The second-order valence-corrected chi connectivity index (χ2v) is 5.77. The van der Waals surface area contributed by atoms with E-state index in [1.54, 1.807) is 0 Å². The quantitative estimate of drug-likeness (QED) is 0.851. The first-order valence-corrected chi connectivity index (χ1v) is 7.65. The molecule has 1 saturated carbocycles. The highest BCUT2D eigenvalue weighted by atomic mass is 15.2. The van der Waals surface area contributed by atoms with Crippen LogP contribution in [0.5, 0.6) is 0 Å². The monoisotopic (exact) mass is 261 g/mol. The minimum atomic E-state index is 0.502. The minimum absolute atomic E-state index is 0.502. The van der Waals surface area contributed by atoms with Gasteiger partial charge >= 0.3 is 0 Å². The molecule has 0 bridgehead atoms. The fourth-order valence-corrected chi connectivity index (χ4v) is 2.92. The molecule has 0 aliphatic heterocycles. The van der Waals surface area contributed by atoms with Crippen molar-refractivity contribution in [3.05, 3.63) is 24.0 Å². The highest BCUT2D eigenvalue weighted by molar-refractivity contribution is 5.47. The van der Waals surface area contributed by atoms with E-state index in [1.165, 1.54) is 31.4 Å². The highest BCUT2D eigenvalue weighted by Crippen LogP contribution is 2.28. The van der Waals surface area contributed by atoms with Gasteiger partial charge < -0.3 is 10.2 Å². The molecular weight excluding hydrogens is 234 g/mol. The zero-order valence-electron chi connectivity index (χ0n) is 12.5. The lowest BCUT2D eigenvalue weighted by Gasteiger charge is -2.30. The highest BCUT2D eigenvalue weighted by Gasteiger charge is 2.21. The number of rotatable bonds is 6. The first kappa shape index (κ1) is 14.3. The molecule has 0 radical (unpaired) electrons. The summed E-state index contributed by atoms with van der Waals surface area (Å²) in [5.74, 6) is 0. The molecule has 0 amide bonds. The van der Waals surface area contributed by atoms with Crippen LogP contribution >= 0.6 is 0 Å². The maximum atomic E-state index is 4.47. The Bertz CT molecular complexity index is 383. The molecule has 0 saturated heterocycles. The van der Waals surface area contributed by atoms with Crippen molar-refractivity contribution in [2.24, 2.45) is 0 Å². The van der Waals surface area contributed by atoms with Gasteiger partial charge in [-0.05, 0) is 31.9 Å². The Labute approximate surface area is 117 Å². The van der Waals surface area contributed by atoms with E-state index in [4.69, 9.17) is 0 Å². The predicted octanol–water partition coefficient (Wildman–Crippen LogP) is 3.35. The Balaban J connectivity index is 2.07. The van der Waals surface area contributed by atoms with Crippen LogP contribution in [0.3, 0.4) is 0 Å². The second-order valence-electron chi connectivity index (χ2n) is 5.77. The summed E-state index contributed by atoms with van der Waals surface area (Å²) in [7, 11) is 0. The van der Waals surface area contributed by atoms with Gasteiger partial charge in [-0.1, -0.05) is 26.7 Å². The van der Waals surface area contributed by atoms with Gasteiger partial charge in [-0.3, -0.25) is 4.98 Å². The summed E-state index contributed by atoms with van der Waals surface area (Å²) in [5.41, 5.74) is 2.48. The molecule has 1 aromatic rings. The van der Waals surface area contributed by atoms with Gasteiger partial charge in [-0.15, -0.1) is 0 Å². The Hall–Kier alpha value is -1.09. The molecule has 0 atom stereocenters. The van der Waals surface area contributed by atoms with Gasteiger partial charge in [-0.25, -0.2) is 0 Å². The third-order valence-electron chi connectivity index (χ3n) is 3.93. The number of aromatic nitrogens is 1. The van der Waals surface area contributed by atoms with Gasteiger partial charge in [0.2, 0.25) is 0 Å². The number of hydrogen-bond donors (Lipinski definition) is 1. The summed E-state index contributed by atoms with van der Waals surface area (Å²) in [6, 6.07) is 5.64. The van der Waals surface area contributed by atoms with Gasteiger partial charge in [0.1, 0.15) is 0 Å². The topological polar surface area (TPSA) is 28.2 Å². The molecule has 1 aromatic heterocycles. The normalized spacial score (nSPS) is 16.2. The lowest BCUT2D eigenvalue weighted by atomic mass is 10.1. The smallest absolute Gasteiger partial charge is 0.0562 e. The van der Waals surface area contributed by atoms with E-state index in [0.29, 0.717) is 6.04 Å². The SMILES string of the molecule is CCN(c1ccnc(CNC(C)C)c1)C1CCCC1. The van der Waals surface area contributed by atoms with E-state index in [9.17, 15) is 0 Å². The molecule has 19 heavy (non-hydrogen) atoms. The molecule has 0 aromatic carbocycles. The molecule has 1 aliphatic rings. The van der Waals surface area contributed by atoms with Crippen molar-refractivity contribution in [3.8, 4) is 0 Å². The van der Waals surface area contributed by atoms with Gasteiger partial charge in [0.05, 0.1) is 5.69 Å². The fourth-order valence-electron chi connectivity index (χ4n) is 2.92. The zero-order chi connectivity index (χ0) is 13.7. The minimum Gasteiger partial charge on any atom is -0.369 e. The summed E-state index contributed by atoms with van der Waals surface area (Å²) in [5, 5.41) is 3.43. The van der Waals surface area contributed by atoms with E-state index in [2.05, 4.69) is 48.1 Å². The average molecular weight is 261 g/mol. The molecule has 1 N–H and O–H groups in total. The van der Waals surface area contributed by atoms with Gasteiger partial charge in [0.15, 0.2) is 0 Å². The Morgan fingerprint density at radius 3 is 2.74 bits per heavy atom. The van der Waals surface area contributed by atoms with Crippen molar-refractivity contribution >= 4 is 5.69 Å². The Morgan fingerprint density at radius 1 is 1.37 bits per heavy atom.